The van der Waals surface area contributed by atoms with E-state index in [1.54, 1.807) is 23.1 Å². The number of benzene rings is 1. The molecule has 0 aromatic heterocycles. The van der Waals surface area contributed by atoms with Gasteiger partial charge in [-0.15, -0.1) is 0 Å². The minimum atomic E-state index is 0.630. The lowest BCUT2D eigenvalue weighted by atomic mass is 10.0. The van der Waals surface area contributed by atoms with Crippen molar-refractivity contribution >= 4 is 23.2 Å². The molecule has 4 heteroatoms. The van der Waals surface area contributed by atoms with Crippen molar-refractivity contribution in [1.29, 1.82) is 0 Å². The van der Waals surface area contributed by atoms with Crippen molar-refractivity contribution < 1.29 is 9.64 Å². The van der Waals surface area contributed by atoms with Gasteiger partial charge >= 0.3 is 0 Å². The molecule has 2 atom stereocenters. The minimum absolute atomic E-state index is 0.630. The third kappa shape index (κ3) is 5.16. The number of piperidine rings is 1. The average Bonchev–Trinajstić information content (AvgIpc) is 2.42. The second-order valence-electron chi connectivity index (χ2n) is 5.83. The molecule has 1 unspecified atom stereocenters. The predicted molar refractivity (Wildman–Crippen MR) is 85.2 cm³/mol. The molecule has 1 N–H and O–H groups in total. The summed E-state index contributed by atoms with van der Waals surface area (Å²) in [6.45, 7) is 7.01. The summed E-state index contributed by atoms with van der Waals surface area (Å²) in [5.74, 6) is 1.58. The van der Waals surface area contributed by atoms with Crippen molar-refractivity contribution in [1.82, 2.24) is 0 Å². The Labute approximate surface area is 132 Å². The van der Waals surface area contributed by atoms with E-state index in [9.17, 15) is 0 Å². The van der Waals surface area contributed by atoms with E-state index in [0.29, 0.717) is 22.4 Å². The summed E-state index contributed by atoms with van der Waals surface area (Å²) in [6.07, 6.45) is 5.06. The number of rotatable bonds is 6. The van der Waals surface area contributed by atoms with Gasteiger partial charge in [-0.2, -0.15) is 0 Å². The van der Waals surface area contributed by atoms with Gasteiger partial charge in [-0.3, -0.25) is 0 Å². The predicted octanol–water partition coefficient (Wildman–Crippen LogP) is 3.47. The van der Waals surface area contributed by atoms with Crippen LogP contribution in [0.25, 0.3) is 0 Å². The summed E-state index contributed by atoms with van der Waals surface area (Å²) in [5, 5.41) is 1.29. The van der Waals surface area contributed by atoms with Crippen LogP contribution in [0.15, 0.2) is 18.2 Å². The lowest BCUT2D eigenvalue weighted by Crippen LogP contribution is -3.13. The summed E-state index contributed by atoms with van der Waals surface area (Å²) in [4.78, 5) is 1.75. The van der Waals surface area contributed by atoms with E-state index < -0.39 is 0 Å². The molecule has 0 saturated carbocycles. The Morgan fingerprint density at radius 3 is 2.95 bits per heavy atom. The van der Waals surface area contributed by atoms with Crippen LogP contribution in [0.1, 0.15) is 32.6 Å². The first-order valence-electron chi connectivity index (χ1n) is 7.56. The molecule has 20 heavy (non-hydrogen) atoms. The standard InChI is InChI=1S/C16H23Cl2NO/c1-13-5-4-9-19(12-13)8-2-3-10-20-16-11-14(17)6-7-15(16)18/h6-7,11,13H,2-5,8-10,12H2,1H3/p+1/t13-/m0/s1. The summed E-state index contributed by atoms with van der Waals surface area (Å²) < 4.78 is 5.70. The third-order valence-corrected chi connectivity index (χ3v) is 4.49. The van der Waals surface area contributed by atoms with Gasteiger partial charge in [-0.05, 0) is 37.8 Å². The number of quaternary nitrogens is 1. The number of unbranched alkanes of at least 4 members (excludes halogenated alkanes) is 1. The molecule has 0 spiro atoms. The normalized spacial score (nSPS) is 22.8. The van der Waals surface area contributed by atoms with Gasteiger partial charge in [0.15, 0.2) is 0 Å². The molecule has 1 saturated heterocycles. The van der Waals surface area contributed by atoms with Crippen molar-refractivity contribution in [3.05, 3.63) is 28.2 Å². The van der Waals surface area contributed by atoms with Gasteiger partial charge in [0.2, 0.25) is 0 Å². The molecule has 1 aromatic carbocycles. The molecule has 0 radical (unpaired) electrons. The molecule has 112 valence electrons. The highest BCUT2D eigenvalue weighted by Gasteiger charge is 2.18. The van der Waals surface area contributed by atoms with Crippen molar-refractivity contribution in [3.63, 3.8) is 0 Å². The molecule has 2 nitrogen and oxygen atoms in total. The first-order valence-corrected chi connectivity index (χ1v) is 8.32. The lowest BCUT2D eigenvalue weighted by molar-refractivity contribution is -0.908. The van der Waals surface area contributed by atoms with E-state index in [1.165, 1.54) is 38.9 Å². The number of hydrogen-bond acceptors (Lipinski definition) is 1. The van der Waals surface area contributed by atoms with Gasteiger partial charge in [-0.25, -0.2) is 0 Å². The second kappa shape index (κ2) is 8.11. The number of halogens is 2. The van der Waals surface area contributed by atoms with E-state index >= 15 is 0 Å². The fourth-order valence-corrected chi connectivity index (χ4v) is 3.21. The van der Waals surface area contributed by atoms with E-state index in [0.717, 1.165) is 12.3 Å². The zero-order valence-corrected chi connectivity index (χ0v) is 13.6. The maximum absolute atomic E-state index is 6.06. The van der Waals surface area contributed by atoms with Gasteiger partial charge < -0.3 is 9.64 Å². The van der Waals surface area contributed by atoms with Gasteiger partial charge in [0, 0.05) is 17.0 Å². The van der Waals surface area contributed by atoms with E-state index in [2.05, 4.69) is 6.92 Å². The third-order valence-electron chi connectivity index (χ3n) is 3.94. The molecule has 1 aliphatic heterocycles. The van der Waals surface area contributed by atoms with Crippen LogP contribution >= 0.6 is 23.2 Å². The Morgan fingerprint density at radius 1 is 1.30 bits per heavy atom. The van der Waals surface area contributed by atoms with Crippen LogP contribution in [-0.4, -0.2) is 26.2 Å². The SMILES string of the molecule is C[C@H]1CCC[NH+](CCCCOc2cc(Cl)ccc2Cl)C1. The topological polar surface area (TPSA) is 13.7 Å². The van der Waals surface area contributed by atoms with Gasteiger partial charge in [0.1, 0.15) is 5.75 Å². The van der Waals surface area contributed by atoms with Crippen molar-refractivity contribution in [2.45, 2.75) is 32.6 Å². The molecule has 1 fully saturated rings. The number of hydrogen-bond donors (Lipinski definition) is 1. The van der Waals surface area contributed by atoms with Gasteiger partial charge in [0.25, 0.3) is 0 Å². The van der Waals surface area contributed by atoms with E-state index in [1.807, 2.05) is 0 Å². The summed E-state index contributed by atoms with van der Waals surface area (Å²) >= 11 is 12.0. The second-order valence-corrected chi connectivity index (χ2v) is 6.68. The molecule has 1 heterocycles. The van der Waals surface area contributed by atoms with Crippen LogP contribution in [0, 0.1) is 5.92 Å². The monoisotopic (exact) mass is 316 g/mol. The molecular formula is C16H24Cl2NO+. The first kappa shape index (κ1) is 15.9. The van der Waals surface area contributed by atoms with Crippen LogP contribution < -0.4 is 9.64 Å². The minimum Gasteiger partial charge on any atom is -0.492 e. The highest BCUT2D eigenvalue weighted by molar-refractivity contribution is 6.34. The molecule has 1 aliphatic rings. The van der Waals surface area contributed by atoms with Crippen LogP contribution in [0.5, 0.6) is 5.75 Å². The highest BCUT2D eigenvalue weighted by Crippen LogP contribution is 2.27. The lowest BCUT2D eigenvalue weighted by Gasteiger charge is -2.27. The Balaban J connectivity index is 1.63. The van der Waals surface area contributed by atoms with Crippen LogP contribution in [0.4, 0.5) is 0 Å². The fourth-order valence-electron chi connectivity index (χ4n) is 2.87. The van der Waals surface area contributed by atoms with E-state index in [-0.39, 0.29) is 0 Å². The largest absolute Gasteiger partial charge is 0.492 e. The first-order chi connectivity index (χ1) is 9.65. The van der Waals surface area contributed by atoms with Crippen molar-refractivity contribution in [3.8, 4) is 5.75 Å². The smallest absolute Gasteiger partial charge is 0.139 e. The Morgan fingerprint density at radius 2 is 2.15 bits per heavy atom. The van der Waals surface area contributed by atoms with Gasteiger partial charge in [0.05, 0.1) is 31.3 Å². The highest BCUT2D eigenvalue weighted by atomic mass is 35.5. The summed E-state index contributed by atoms with van der Waals surface area (Å²) in [7, 11) is 0. The summed E-state index contributed by atoms with van der Waals surface area (Å²) in [6, 6.07) is 5.33. The Bertz CT molecular complexity index is 425. The molecule has 0 bridgehead atoms. The Kier molecular flexibility index (Phi) is 6.47. The number of ether oxygens (including phenoxy) is 1. The molecular weight excluding hydrogens is 293 g/mol. The van der Waals surface area contributed by atoms with Crippen LogP contribution in [-0.2, 0) is 0 Å². The molecule has 2 rings (SSSR count). The van der Waals surface area contributed by atoms with E-state index in [4.69, 9.17) is 27.9 Å². The molecule has 0 aliphatic carbocycles. The number of likely N-dealkylation sites (tertiary alicyclic amines) is 1. The zero-order chi connectivity index (χ0) is 14.4. The maximum atomic E-state index is 6.06. The van der Waals surface area contributed by atoms with Crippen LogP contribution in [0.2, 0.25) is 10.0 Å². The zero-order valence-electron chi connectivity index (χ0n) is 12.1. The molecule has 1 aromatic rings. The van der Waals surface area contributed by atoms with Crippen molar-refractivity contribution in [2.24, 2.45) is 5.92 Å². The van der Waals surface area contributed by atoms with Crippen LogP contribution in [0.3, 0.4) is 0 Å². The van der Waals surface area contributed by atoms with Gasteiger partial charge in [-0.1, -0.05) is 30.1 Å². The Hall–Kier alpha value is -0.440. The fraction of sp³-hybridized carbons (Fsp3) is 0.625. The average molecular weight is 317 g/mol. The van der Waals surface area contributed by atoms with Crippen molar-refractivity contribution in [2.75, 3.05) is 26.2 Å². The number of nitrogens with one attached hydrogen (secondary N) is 1. The molecule has 0 amide bonds. The summed E-state index contributed by atoms with van der Waals surface area (Å²) in [5.41, 5.74) is 0. The maximum Gasteiger partial charge on any atom is 0.139 e. The quantitative estimate of drug-likeness (QED) is 0.793.